The highest BCUT2D eigenvalue weighted by atomic mass is 19.1. The van der Waals surface area contributed by atoms with Crippen molar-refractivity contribution in [2.24, 2.45) is 0 Å². The van der Waals surface area contributed by atoms with E-state index < -0.39 is 0 Å². The summed E-state index contributed by atoms with van der Waals surface area (Å²) in [7, 11) is 0. The van der Waals surface area contributed by atoms with Gasteiger partial charge < -0.3 is 4.57 Å². The molecule has 0 spiro atoms. The van der Waals surface area contributed by atoms with Gasteiger partial charge in [0.1, 0.15) is 16.9 Å². The number of aromatic nitrogens is 3. The van der Waals surface area contributed by atoms with Crippen LogP contribution in [-0.4, -0.2) is 14.1 Å². The molecule has 2 aromatic heterocycles. The highest BCUT2D eigenvalue weighted by Gasteiger charge is 2.19. The summed E-state index contributed by atoms with van der Waals surface area (Å²) in [5.74, 6) is -0.128. The second-order valence-corrected chi connectivity index (χ2v) is 8.41. The van der Waals surface area contributed by atoms with Crippen LogP contribution in [0.2, 0.25) is 0 Å². The molecule has 0 aliphatic rings. The molecule has 32 heavy (non-hydrogen) atoms. The Balaban J connectivity index is 1.69. The maximum Gasteiger partial charge on any atom is 0.277 e. The Hall–Kier alpha value is -3.73. The maximum atomic E-state index is 14.5. The zero-order valence-corrected chi connectivity index (χ0v) is 18.1. The van der Waals surface area contributed by atoms with Gasteiger partial charge in [-0.1, -0.05) is 67.1 Å². The van der Waals surface area contributed by atoms with Crippen molar-refractivity contribution in [3.05, 3.63) is 112 Å². The molecule has 160 valence electrons. The molecule has 0 N–H and O–H groups in total. The minimum atomic E-state index is -0.281. The zero-order valence-electron chi connectivity index (χ0n) is 18.1. The van der Waals surface area contributed by atoms with Gasteiger partial charge in [0.25, 0.3) is 5.56 Å². The summed E-state index contributed by atoms with van der Waals surface area (Å²) in [6.45, 7) is 4.91. The van der Waals surface area contributed by atoms with E-state index in [0.717, 1.165) is 16.5 Å². The predicted octanol–water partition coefficient (Wildman–Crippen LogP) is 5.65. The standard InChI is InChI=1S/C27H24FN3O/c1-18-12-13-24-22(14-18)25-26(31(24)16-21-10-6-7-11-23(21)28)27(32)30(17-29-25)15-19(2)20-8-4-3-5-9-20/h3-14,17,19H,15-16H2,1-2H3. The number of rotatable bonds is 5. The van der Waals surface area contributed by atoms with E-state index in [0.29, 0.717) is 23.1 Å². The quantitative estimate of drug-likeness (QED) is 0.365. The van der Waals surface area contributed by atoms with Gasteiger partial charge in [-0.15, -0.1) is 0 Å². The van der Waals surface area contributed by atoms with Crippen LogP contribution < -0.4 is 5.56 Å². The van der Waals surface area contributed by atoms with E-state index in [2.05, 4.69) is 19.1 Å². The smallest absolute Gasteiger partial charge is 0.277 e. The third-order valence-electron chi connectivity index (χ3n) is 6.11. The average Bonchev–Trinajstić information content (AvgIpc) is 3.11. The van der Waals surface area contributed by atoms with E-state index in [1.165, 1.54) is 11.6 Å². The Labute approximate surface area is 185 Å². The second-order valence-electron chi connectivity index (χ2n) is 8.41. The van der Waals surface area contributed by atoms with E-state index in [-0.39, 0.29) is 23.8 Å². The van der Waals surface area contributed by atoms with E-state index >= 15 is 0 Å². The fourth-order valence-corrected chi connectivity index (χ4v) is 4.39. The van der Waals surface area contributed by atoms with Crippen molar-refractivity contribution in [1.82, 2.24) is 14.1 Å². The Morgan fingerprint density at radius 2 is 1.75 bits per heavy atom. The van der Waals surface area contributed by atoms with E-state index in [1.54, 1.807) is 23.0 Å². The SMILES string of the molecule is Cc1ccc2c(c1)c1ncn(CC(C)c3ccccc3)c(=O)c1n2Cc1ccccc1F. The Kier molecular flexibility index (Phi) is 5.10. The minimum Gasteiger partial charge on any atom is -0.330 e. The molecule has 0 aliphatic heterocycles. The first-order chi connectivity index (χ1) is 15.5. The fourth-order valence-electron chi connectivity index (χ4n) is 4.39. The fraction of sp³-hybridized carbons (Fsp3) is 0.185. The molecule has 0 aliphatic carbocycles. The Morgan fingerprint density at radius 1 is 1.00 bits per heavy atom. The summed E-state index contributed by atoms with van der Waals surface area (Å²) in [6, 6.07) is 22.9. The molecule has 0 saturated carbocycles. The van der Waals surface area contributed by atoms with Crippen LogP contribution in [0.1, 0.15) is 29.5 Å². The second kappa shape index (κ2) is 8.08. The van der Waals surface area contributed by atoms with Crippen molar-refractivity contribution in [2.75, 3.05) is 0 Å². The topological polar surface area (TPSA) is 39.8 Å². The first-order valence-corrected chi connectivity index (χ1v) is 10.8. The monoisotopic (exact) mass is 425 g/mol. The zero-order chi connectivity index (χ0) is 22.2. The van der Waals surface area contributed by atoms with Crippen molar-refractivity contribution in [3.8, 4) is 0 Å². The lowest BCUT2D eigenvalue weighted by molar-refractivity contribution is 0.574. The van der Waals surface area contributed by atoms with E-state index in [9.17, 15) is 9.18 Å². The van der Waals surface area contributed by atoms with Crippen LogP contribution in [0.5, 0.6) is 0 Å². The summed E-state index contributed by atoms with van der Waals surface area (Å²) in [6.07, 6.45) is 1.64. The molecule has 0 radical (unpaired) electrons. The highest BCUT2D eigenvalue weighted by molar-refractivity contribution is 6.05. The first-order valence-electron chi connectivity index (χ1n) is 10.8. The minimum absolute atomic E-state index is 0.108. The van der Waals surface area contributed by atoms with Gasteiger partial charge in [-0.25, -0.2) is 9.37 Å². The summed E-state index contributed by atoms with van der Waals surface area (Å²) < 4.78 is 18.0. The molecule has 0 bridgehead atoms. The summed E-state index contributed by atoms with van der Waals surface area (Å²) in [5, 5.41) is 0.914. The lowest BCUT2D eigenvalue weighted by Gasteiger charge is -2.14. The molecule has 4 nitrogen and oxygen atoms in total. The average molecular weight is 426 g/mol. The van der Waals surface area contributed by atoms with Gasteiger partial charge in [0.2, 0.25) is 0 Å². The molecule has 1 unspecified atom stereocenters. The van der Waals surface area contributed by atoms with Crippen LogP contribution in [-0.2, 0) is 13.1 Å². The predicted molar refractivity (Wildman–Crippen MR) is 127 cm³/mol. The molecule has 1 atom stereocenters. The molecule has 3 aromatic carbocycles. The number of nitrogens with zero attached hydrogens (tertiary/aromatic N) is 3. The summed E-state index contributed by atoms with van der Waals surface area (Å²) in [4.78, 5) is 18.3. The van der Waals surface area contributed by atoms with Crippen molar-refractivity contribution < 1.29 is 4.39 Å². The van der Waals surface area contributed by atoms with Crippen LogP contribution in [0.15, 0.2) is 83.9 Å². The van der Waals surface area contributed by atoms with Gasteiger partial charge in [-0.2, -0.15) is 0 Å². The lowest BCUT2D eigenvalue weighted by Crippen LogP contribution is -2.24. The molecular formula is C27H24FN3O. The number of aryl methyl sites for hydroxylation is 1. The number of fused-ring (bicyclic) bond motifs is 3. The molecule has 0 amide bonds. The van der Waals surface area contributed by atoms with Gasteiger partial charge in [0.15, 0.2) is 0 Å². The third kappa shape index (κ3) is 3.50. The van der Waals surface area contributed by atoms with Gasteiger partial charge in [0.05, 0.1) is 18.4 Å². The van der Waals surface area contributed by atoms with Crippen LogP contribution in [0, 0.1) is 12.7 Å². The molecule has 5 aromatic rings. The van der Waals surface area contributed by atoms with Gasteiger partial charge in [-0.3, -0.25) is 9.36 Å². The van der Waals surface area contributed by atoms with Crippen LogP contribution in [0.25, 0.3) is 21.9 Å². The van der Waals surface area contributed by atoms with Crippen molar-refractivity contribution >= 4 is 21.9 Å². The normalized spacial score (nSPS) is 12.5. The number of hydrogen-bond donors (Lipinski definition) is 0. The molecule has 0 saturated heterocycles. The van der Waals surface area contributed by atoms with Crippen LogP contribution in [0.4, 0.5) is 4.39 Å². The first kappa shape index (κ1) is 20.2. The lowest BCUT2D eigenvalue weighted by atomic mass is 10.0. The highest BCUT2D eigenvalue weighted by Crippen LogP contribution is 2.28. The molecule has 5 rings (SSSR count). The van der Waals surface area contributed by atoms with Crippen molar-refractivity contribution in [2.45, 2.75) is 32.9 Å². The number of hydrogen-bond acceptors (Lipinski definition) is 2. The molecule has 0 fully saturated rings. The Bertz CT molecular complexity index is 1480. The van der Waals surface area contributed by atoms with Gasteiger partial charge in [0, 0.05) is 17.5 Å². The third-order valence-corrected chi connectivity index (χ3v) is 6.11. The van der Waals surface area contributed by atoms with E-state index in [4.69, 9.17) is 4.98 Å². The van der Waals surface area contributed by atoms with Crippen molar-refractivity contribution in [3.63, 3.8) is 0 Å². The van der Waals surface area contributed by atoms with Crippen LogP contribution >= 0.6 is 0 Å². The number of benzene rings is 3. The van der Waals surface area contributed by atoms with E-state index in [1.807, 2.05) is 54.0 Å². The largest absolute Gasteiger partial charge is 0.330 e. The maximum absolute atomic E-state index is 14.5. The summed E-state index contributed by atoms with van der Waals surface area (Å²) >= 11 is 0. The molecular weight excluding hydrogens is 401 g/mol. The Morgan fingerprint density at radius 3 is 2.53 bits per heavy atom. The van der Waals surface area contributed by atoms with Crippen molar-refractivity contribution in [1.29, 1.82) is 0 Å². The number of halogens is 1. The molecule has 2 heterocycles. The molecule has 5 heteroatoms. The summed E-state index contributed by atoms with van der Waals surface area (Å²) in [5.41, 5.74) is 4.74. The van der Waals surface area contributed by atoms with Gasteiger partial charge in [-0.05, 0) is 36.6 Å². The van der Waals surface area contributed by atoms with Crippen LogP contribution in [0.3, 0.4) is 0 Å². The van der Waals surface area contributed by atoms with Gasteiger partial charge >= 0.3 is 0 Å².